The summed E-state index contributed by atoms with van der Waals surface area (Å²) in [6.45, 7) is -2.86. The molecule has 0 aromatic heterocycles. The van der Waals surface area contributed by atoms with Gasteiger partial charge < -0.3 is 9.26 Å². The van der Waals surface area contributed by atoms with Gasteiger partial charge in [-0.15, -0.1) is 11.6 Å². The maximum Gasteiger partial charge on any atom is 0.315 e. The van der Waals surface area contributed by atoms with Crippen LogP contribution in [-0.4, -0.2) is 25.9 Å². The zero-order valence-electron chi connectivity index (χ0n) is 5.55. The number of ether oxygens (including phenoxy) is 1. The summed E-state index contributed by atoms with van der Waals surface area (Å²) in [6, 6.07) is 0. The maximum absolute atomic E-state index is 10.9. The molecule has 62 valence electrons. The van der Waals surface area contributed by atoms with E-state index in [0.717, 1.165) is 0 Å². The molecule has 0 saturated carbocycles. The number of halogens is 2. The summed E-state index contributed by atoms with van der Waals surface area (Å²) in [4.78, 5) is 0. The minimum absolute atomic E-state index is 0.0779. The van der Waals surface area contributed by atoms with Gasteiger partial charge in [-0.25, -0.2) is 0 Å². The van der Waals surface area contributed by atoms with Crippen molar-refractivity contribution < 1.29 is 13.8 Å². The molecule has 6 heteroatoms. The standard InChI is InChI=1S/C4H9Cl2O3P/c1-8-4-10(6,7)9-3-2-5/h2-4H2,1H3. The Morgan fingerprint density at radius 3 is 2.60 bits per heavy atom. The van der Waals surface area contributed by atoms with Crippen LogP contribution >= 0.6 is 29.6 Å². The lowest BCUT2D eigenvalue weighted by molar-refractivity contribution is 0.228. The topological polar surface area (TPSA) is 35.5 Å². The van der Waals surface area contributed by atoms with Crippen LogP contribution in [-0.2, 0) is 13.8 Å². The molecule has 10 heavy (non-hydrogen) atoms. The van der Waals surface area contributed by atoms with Crippen LogP contribution in [0.2, 0.25) is 0 Å². The van der Waals surface area contributed by atoms with Crippen LogP contribution in [0.3, 0.4) is 0 Å². The Bertz CT molecular complexity index is 130. The first kappa shape index (κ1) is 10.7. The molecular formula is C4H9Cl2O3P. The SMILES string of the molecule is COCP(=O)(Cl)OCCCl. The number of methoxy groups -OCH3 is 1. The van der Waals surface area contributed by atoms with E-state index in [-0.39, 0.29) is 18.8 Å². The normalized spacial score (nSPS) is 16.7. The lowest BCUT2D eigenvalue weighted by Crippen LogP contribution is -1.94. The lowest BCUT2D eigenvalue weighted by Gasteiger charge is -2.07. The van der Waals surface area contributed by atoms with E-state index in [2.05, 4.69) is 9.26 Å². The highest BCUT2D eigenvalue weighted by molar-refractivity contribution is 7.85. The van der Waals surface area contributed by atoms with E-state index in [1.54, 1.807) is 0 Å². The molecule has 0 rings (SSSR count). The van der Waals surface area contributed by atoms with Crippen LogP contribution < -0.4 is 0 Å². The van der Waals surface area contributed by atoms with Gasteiger partial charge in [0.2, 0.25) is 0 Å². The highest BCUT2D eigenvalue weighted by Gasteiger charge is 2.17. The highest BCUT2D eigenvalue weighted by atomic mass is 35.7. The van der Waals surface area contributed by atoms with E-state index in [9.17, 15) is 4.57 Å². The molecule has 0 amide bonds. The molecule has 0 aromatic rings. The molecule has 0 aliphatic rings. The summed E-state index contributed by atoms with van der Waals surface area (Å²) in [5.41, 5.74) is 0. The van der Waals surface area contributed by atoms with Crippen molar-refractivity contribution in [3.8, 4) is 0 Å². The number of hydrogen-bond donors (Lipinski definition) is 0. The third kappa shape index (κ3) is 5.51. The molecule has 1 unspecified atom stereocenters. The summed E-state index contributed by atoms with van der Waals surface area (Å²) in [5.74, 6) is 0.278. The molecule has 3 nitrogen and oxygen atoms in total. The molecule has 0 heterocycles. The molecule has 0 aliphatic heterocycles. The summed E-state index contributed by atoms with van der Waals surface area (Å²) in [6.07, 6.45) is -0.0779. The van der Waals surface area contributed by atoms with Gasteiger partial charge in [-0.3, -0.25) is 4.57 Å². The predicted octanol–water partition coefficient (Wildman–Crippen LogP) is 2.28. The van der Waals surface area contributed by atoms with Crippen molar-refractivity contribution in [3.63, 3.8) is 0 Å². The Balaban J connectivity index is 3.53. The second kappa shape index (κ2) is 5.39. The van der Waals surface area contributed by atoms with Gasteiger partial charge in [-0.1, -0.05) is 0 Å². The van der Waals surface area contributed by atoms with Gasteiger partial charge in [0, 0.05) is 13.0 Å². The van der Waals surface area contributed by atoms with E-state index >= 15 is 0 Å². The minimum Gasteiger partial charge on any atom is -0.373 e. The molecule has 0 spiro atoms. The first-order valence-electron chi connectivity index (χ1n) is 2.60. The van der Waals surface area contributed by atoms with E-state index in [1.165, 1.54) is 7.11 Å². The molecule has 0 bridgehead atoms. The fourth-order valence-corrected chi connectivity index (χ4v) is 1.79. The monoisotopic (exact) mass is 206 g/mol. The first-order chi connectivity index (χ1) is 4.62. The van der Waals surface area contributed by atoms with E-state index in [1.807, 2.05) is 0 Å². The first-order valence-corrected chi connectivity index (χ1v) is 5.85. The zero-order chi connectivity index (χ0) is 8.04. The van der Waals surface area contributed by atoms with Gasteiger partial charge in [-0.05, 0) is 11.2 Å². The number of alkyl halides is 1. The Labute approximate surface area is 69.8 Å². The van der Waals surface area contributed by atoms with Crippen LogP contribution in [0.5, 0.6) is 0 Å². The van der Waals surface area contributed by atoms with Crippen molar-refractivity contribution in [1.29, 1.82) is 0 Å². The van der Waals surface area contributed by atoms with Crippen LogP contribution in [0.1, 0.15) is 0 Å². The predicted molar refractivity (Wildman–Crippen MR) is 42.0 cm³/mol. The highest BCUT2D eigenvalue weighted by Crippen LogP contribution is 2.51. The van der Waals surface area contributed by atoms with Crippen molar-refractivity contribution in [2.75, 3.05) is 25.9 Å². The van der Waals surface area contributed by atoms with E-state index < -0.39 is 6.72 Å². The average molecular weight is 207 g/mol. The third-order valence-electron chi connectivity index (χ3n) is 0.645. The van der Waals surface area contributed by atoms with Crippen LogP contribution in [0.15, 0.2) is 0 Å². The summed E-state index contributed by atoms with van der Waals surface area (Å²) < 4.78 is 20.2. The Kier molecular flexibility index (Phi) is 5.78. The van der Waals surface area contributed by atoms with Crippen LogP contribution in [0.4, 0.5) is 0 Å². The minimum atomic E-state index is -3.04. The smallest absolute Gasteiger partial charge is 0.315 e. The summed E-state index contributed by atoms with van der Waals surface area (Å²) >= 11 is 10.6. The molecule has 0 aromatic carbocycles. The molecule has 0 N–H and O–H groups in total. The van der Waals surface area contributed by atoms with Crippen LogP contribution in [0.25, 0.3) is 0 Å². The molecule has 0 radical (unpaired) electrons. The molecule has 0 aliphatic carbocycles. The number of rotatable bonds is 5. The largest absolute Gasteiger partial charge is 0.373 e. The average Bonchev–Trinajstić information content (AvgIpc) is 1.84. The van der Waals surface area contributed by atoms with Gasteiger partial charge >= 0.3 is 6.72 Å². The van der Waals surface area contributed by atoms with Gasteiger partial charge in [-0.2, -0.15) is 0 Å². The zero-order valence-corrected chi connectivity index (χ0v) is 7.96. The Hall–Kier alpha value is 0.730. The lowest BCUT2D eigenvalue weighted by atomic mass is 10.9. The van der Waals surface area contributed by atoms with Crippen molar-refractivity contribution in [1.82, 2.24) is 0 Å². The second-order valence-electron chi connectivity index (χ2n) is 1.53. The summed E-state index contributed by atoms with van der Waals surface area (Å²) in [5, 5.41) is 0. The van der Waals surface area contributed by atoms with Crippen molar-refractivity contribution in [2.45, 2.75) is 0 Å². The van der Waals surface area contributed by atoms with Gasteiger partial charge in [0.15, 0.2) is 0 Å². The molecule has 0 fully saturated rings. The van der Waals surface area contributed by atoms with Crippen LogP contribution in [0, 0.1) is 0 Å². The van der Waals surface area contributed by atoms with E-state index in [0.29, 0.717) is 0 Å². The van der Waals surface area contributed by atoms with Crippen molar-refractivity contribution >= 4 is 29.6 Å². The fraction of sp³-hybridized carbons (Fsp3) is 1.00. The molecular weight excluding hydrogens is 198 g/mol. The third-order valence-corrected chi connectivity index (χ3v) is 2.52. The van der Waals surface area contributed by atoms with E-state index in [4.69, 9.17) is 22.8 Å². The van der Waals surface area contributed by atoms with Crippen molar-refractivity contribution in [3.05, 3.63) is 0 Å². The Morgan fingerprint density at radius 1 is 1.60 bits per heavy atom. The fourth-order valence-electron chi connectivity index (χ4n) is 0.362. The molecule has 0 saturated heterocycles. The van der Waals surface area contributed by atoms with Gasteiger partial charge in [0.1, 0.15) is 6.35 Å². The quantitative estimate of drug-likeness (QED) is 0.512. The second-order valence-corrected chi connectivity index (χ2v) is 5.15. The molecule has 1 atom stereocenters. The Morgan fingerprint density at radius 2 is 2.20 bits per heavy atom. The summed E-state index contributed by atoms with van der Waals surface area (Å²) in [7, 11) is 1.40. The van der Waals surface area contributed by atoms with Crippen molar-refractivity contribution in [2.24, 2.45) is 0 Å². The van der Waals surface area contributed by atoms with Gasteiger partial charge in [0.25, 0.3) is 0 Å². The number of hydrogen-bond acceptors (Lipinski definition) is 3. The van der Waals surface area contributed by atoms with Gasteiger partial charge in [0.05, 0.1) is 6.61 Å². The maximum atomic E-state index is 10.9.